The third kappa shape index (κ3) is 2.92. The van der Waals surface area contributed by atoms with Crippen molar-refractivity contribution in [3.8, 4) is 0 Å². The Labute approximate surface area is 106 Å². The average Bonchev–Trinajstić information content (AvgIpc) is 2.35. The van der Waals surface area contributed by atoms with Crippen molar-refractivity contribution in [3.05, 3.63) is 35.1 Å². The molecule has 7 heteroatoms. The molecule has 0 saturated heterocycles. The van der Waals surface area contributed by atoms with Crippen molar-refractivity contribution >= 4 is 10.5 Å². The highest BCUT2D eigenvalue weighted by Gasteiger charge is 2.35. The number of ether oxygens (including phenoxy) is 2. The van der Waals surface area contributed by atoms with Crippen LogP contribution in [-0.4, -0.2) is 23.7 Å². The number of hydrogen-bond donors (Lipinski definition) is 0. The summed E-state index contributed by atoms with van der Waals surface area (Å²) < 4.78 is 55.1. The van der Waals surface area contributed by atoms with Gasteiger partial charge in [-0.25, -0.2) is 13.2 Å². The Bertz CT molecular complexity index is 386. The Kier molecular flexibility index (Phi) is 5.33. The maximum Gasteiger partial charge on any atom is 0.301 e. The molecule has 0 aliphatic rings. The Balaban J connectivity index is 3.28. The fraction of sp³-hybridized carbons (Fsp3) is 0.455. The topological polar surface area (TPSA) is 27.7 Å². The molecule has 0 fully saturated rings. The molecular formula is C11H15F3O3Si. The fourth-order valence-electron chi connectivity index (χ4n) is 1.56. The van der Waals surface area contributed by atoms with E-state index in [-0.39, 0.29) is 29.3 Å². The van der Waals surface area contributed by atoms with Crippen LogP contribution in [0.15, 0.2) is 12.1 Å². The van der Waals surface area contributed by atoms with E-state index >= 15 is 0 Å². The van der Waals surface area contributed by atoms with Crippen LogP contribution in [0, 0.1) is 17.5 Å². The van der Waals surface area contributed by atoms with Crippen LogP contribution in [0.2, 0.25) is 0 Å². The number of halogens is 3. The van der Waals surface area contributed by atoms with E-state index in [0.29, 0.717) is 0 Å². The van der Waals surface area contributed by atoms with Crippen LogP contribution in [0.25, 0.3) is 0 Å². The van der Waals surface area contributed by atoms with E-state index in [4.69, 9.17) is 13.9 Å². The van der Waals surface area contributed by atoms with Gasteiger partial charge < -0.3 is 13.9 Å². The zero-order valence-corrected chi connectivity index (χ0v) is 12.4. The summed E-state index contributed by atoms with van der Waals surface area (Å²) in [6.07, 6.45) is 0. The highest BCUT2D eigenvalue weighted by Crippen LogP contribution is 2.30. The van der Waals surface area contributed by atoms with E-state index in [1.54, 1.807) is 13.8 Å². The van der Waals surface area contributed by atoms with Crippen molar-refractivity contribution in [1.29, 1.82) is 0 Å². The lowest BCUT2D eigenvalue weighted by Crippen LogP contribution is -2.36. The summed E-state index contributed by atoms with van der Waals surface area (Å²) in [5, 5.41) is 0. The number of benzene rings is 1. The van der Waals surface area contributed by atoms with Crippen LogP contribution in [0.1, 0.15) is 19.4 Å². The average molecular weight is 280 g/mol. The van der Waals surface area contributed by atoms with Gasteiger partial charge in [0.05, 0.1) is 0 Å². The molecule has 1 rings (SSSR count). The first kappa shape index (κ1) is 15.2. The summed E-state index contributed by atoms with van der Waals surface area (Å²) in [7, 11) is 0.215. The summed E-state index contributed by atoms with van der Waals surface area (Å²) in [4.78, 5) is 0. The molecule has 0 N–H and O–H groups in total. The molecule has 0 bridgehead atoms. The monoisotopic (exact) mass is 280 g/mol. The van der Waals surface area contributed by atoms with Crippen LogP contribution in [-0.2, 0) is 19.9 Å². The Morgan fingerprint density at radius 1 is 1.06 bits per heavy atom. The third-order valence-corrected chi connectivity index (χ3v) is 2.81. The predicted octanol–water partition coefficient (Wildman–Crippen LogP) is 1.58. The van der Waals surface area contributed by atoms with Crippen molar-refractivity contribution in [2.24, 2.45) is 0 Å². The van der Waals surface area contributed by atoms with Crippen LogP contribution in [0.3, 0.4) is 0 Å². The molecule has 102 valence electrons. The fourth-order valence-corrected chi connectivity index (χ4v) is 2.03. The maximum absolute atomic E-state index is 13.2. The highest BCUT2D eigenvalue weighted by molar-refractivity contribution is 5.98. The van der Waals surface area contributed by atoms with Gasteiger partial charge in [-0.2, -0.15) is 0 Å². The first-order valence-electron chi connectivity index (χ1n) is 5.48. The molecule has 0 aromatic heterocycles. The lowest BCUT2D eigenvalue weighted by Gasteiger charge is -2.32. The Morgan fingerprint density at radius 2 is 1.50 bits per heavy atom. The second-order valence-electron chi connectivity index (χ2n) is 3.38. The summed E-state index contributed by atoms with van der Waals surface area (Å²) in [6, 6.07) is 1.61. The lowest BCUT2D eigenvalue weighted by molar-refractivity contribution is -0.353. The van der Waals surface area contributed by atoms with Gasteiger partial charge in [0.1, 0.15) is 0 Å². The van der Waals surface area contributed by atoms with E-state index in [1.165, 1.54) is 0 Å². The molecule has 1 aromatic carbocycles. The molecule has 0 heterocycles. The van der Waals surface area contributed by atoms with Crippen molar-refractivity contribution < 1.29 is 27.1 Å². The van der Waals surface area contributed by atoms with Gasteiger partial charge in [-0.3, -0.25) is 0 Å². The van der Waals surface area contributed by atoms with E-state index in [1.807, 2.05) is 0 Å². The second kappa shape index (κ2) is 6.33. The summed E-state index contributed by atoms with van der Waals surface area (Å²) >= 11 is 0. The molecular weight excluding hydrogens is 265 g/mol. The molecule has 0 aliphatic heterocycles. The predicted molar refractivity (Wildman–Crippen MR) is 62.3 cm³/mol. The van der Waals surface area contributed by atoms with Gasteiger partial charge in [0.25, 0.3) is 0 Å². The Morgan fingerprint density at radius 3 is 1.83 bits per heavy atom. The SMILES string of the molecule is CCOC(O[SiH3])(OCC)c1cc(F)c(F)c(F)c1. The van der Waals surface area contributed by atoms with Gasteiger partial charge in [-0.15, -0.1) is 0 Å². The van der Waals surface area contributed by atoms with Crippen LogP contribution in [0.4, 0.5) is 13.2 Å². The minimum Gasteiger partial charge on any atom is -0.376 e. The lowest BCUT2D eigenvalue weighted by atomic mass is 10.1. The molecule has 0 spiro atoms. The number of rotatable bonds is 6. The van der Waals surface area contributed by atoms with Gasteiger partial charge in [0.15, 0.2) is 27.9 Å². The van der Waals surface area contributed by atoms with Crippen LogP contribution in [0.5, 0.6) is 0 Å². The maximum atomic E-state index is 13.2. The normalized spacial score (nSPS) is 12.1. The quantitative estimate of drug-likeness (QED) is 0.450. The summed E-state index contributed by atoms with van der Waals surface area (Å²) in [5.41, 5.74) is -0.0439. The van der Waals surface area contributed by atoms with Crippen molar-refractivity contribution in [1.82, 2.24) is 0 Å². The van der Waals surface area contributed by atoms with Crippen molar-refractivity contribution in [3.63, 3.8) is 0 Å². The van der Waals surface area contributed by atoms with E-state index < -0.39 is 23.4 Å². The van der Waals surface area contributed by atoms with Gasteiger partial charge in [0, 0.05) is 18.8 Å². The summed E-state index contributed by atoms with van der Waals surface area (Å²) in [5.74, 6) is -5.83. The van der Waals surface area contributed by atoms with E-state index in [0.717, 1.165) is 12.1 Å². The Hall–Kier alpha value is -0.893. The van der Waals surface area contributed by atoms with Gasteiger partial charge in [-0.1, -0.05) is 0 Å². The molecule has 0 atom stereocenters. The van der Waals surface area contributed by atoms with Crippen molar-refractivity contribution in [2.45, 2.75) is 19.8 Å². The molecule has 3 nitrogen and oxygen atoms in total. The van der Waals surface area contributed by atoms with Crippen molar-refractivity contribution in [2.75, 3.05) is 13.2 Å². The smallest absolute Gasteiger partial charge is 0.301 e. The molecule has 0 amide bonds. The molecule has 18 heavy (non-hydrogen) atoms. The van der Waals surface area contributed by atoms with Crippen LogP contribution < -0.4 is 0 Å². The zero-order valence-electron chi connectivity index (χ0n) is 10.4. The molecule has 0 radical (unpaired) electrons. The van der Waals surface area contributed by atoms with E-state index in [9.17, 15) is 13.2 Å². The third-order valence-electron chi connectivity index (χ3n) is 2.27. The molecule has 0 aliphatic carbocycles. The molecule has 1 aromatic rings. The zero-order chi connectivity index (χ0) is 13.8. The van der Waals surface area contributed by atoms with Gasteiger partial charge >= 0.3 is 5.97 Å². The minimum atomic E-state index is -1.68. The molecule has 0 unspecified atom stereocenters. The molecule has 0 saturated carbocycles. The highest BCUT2D eigenvalue weighted by atomic mass is 28.2. The second-order valence-corrected chi connectivity index (χ2v) is 3.79. The first-order valence-corrected chi connectivity index (χ1v) is 6.30. The first-order chi connectivity index (χ1) is 8.50. The summed E-state index contributed by atoms with van der Waals surface area (Å²) in [6.45, 7) is 3.79. The number of hydrogen-bond acceptors (Lipinski definition) is 3. The standard InChI is InChI=1S/C11H15F3O3Si/c1-3-15-11(17-18,16-4-2)7-5-8(12)10(14)9(13)6-7/h5-6H,3-4H2,1-2,18H3. The van der Waals surface area contributed by atoms with Gasteiger partial charge in [-0.05, 0) is 26.0 Å². The van der Waals surface area contributed by atoms with Crippen LogP contribution >= 0.6 is 0 Å². The van der Waals surface area contributed by atoms with E-state index in [2.05, 4.69) is 0 Å². The minimum absolute atomic E-state index is 0.0439. The largest absolute Gasteiger partial charge is 0.376 e. The van der Waals surface area contributed by atoms with Gasteiger partial charge in [0.2, 0.25) is 0 Å².